The summed E-state index contributed by atoms with van der Waals surface area (Å²) >= 11 is 0. The van der Waals surface area contributed by atoms with Gasteiger partial charge in [-0.15, -0.1) is 0 Å². The fourth-order valence-electron chi connectivity index (χ4n) is 3.27. The maximum Gasteiger partial charge on any atom is 0.163 e. The van der Waals surface area contributed by atoms with Crippen LogP contribution < -0.4 is 0 Å². The van der Waals surface area contributed by atoms with E-state index >= 15 is 0 Å². The third kappa shape index (κ3) is 1.79. The fourth-order valence-corrected chi connectivity index (χ4v) is 3.27. The first-order chi connectivity index (χ1) is 10.3. The molecule has 1 fully saturated rings. The predicted octanol–water partition coefficient (Wildman–Crippen LogP) is 3.05. The molecule has 0 spiro atoms. The SMILES string of the molecule is O=C1CCC(n2c3ccccc3c3cccnc32)C(=O)C1. The van der Waals surface area contributed by atoms with E-state index in [9.17, 15) is 9.59 Å². The molecule has 0 N–H and O–H groups in total. The molecular formula is C17H14N2O2. The van der Waals surface area contributed by atoms with Gasteiger partial charge in [0.25, 0.3) is 0 Å². The molecule has 3 aromatic rings. The Morgan fingerprint density at radius 2 is 1.86 bits per heavy atom. The van der Waals surface area contributed by atoms with E-state index in [0.717, 1.165) is 21.9 Å². The van der Waals surface area contributed by atoms with Crippen LogP contribution >= 0.6 is 0 Å². The van der Waals surface area contributed by atoms with Crippen molar-refractivity contribution >= 4 is 33.5 Å². The Balaban J connectivity index is 2.02. The molecule has 0 aliphatic heterocycles. The van der Waals surface area contributed by atoms with Crippen LogP contribution in [0.4, 0.5) is 0 Å². The van der Waals surface area contributed by atoms with E-state index in [4.69, 9.17) is 0 Å². The second kappa shape index (κ2) is 4.52. The molecule has 0 radical (unpaired) electrons. The van der Waals surface area contributed by atoms with Crippen LogP contribution in [0.5, 0.6) is 0 Å². The average molecular weight is 278 g/mol. The van der Waals surface area contributed by atoms with Gasteiger partial charge in [-0.05, 0) is 24.6 Å². The number of nitrogens with zero attached hydrogens (tertiary/aromatic N) is 2. The van der Waals surface area contributed by atoms with Gasteiger partial charge in [-0.3, -0.25) is 9.59 Å². The molecule has 1 aliphatic rings. The van der Waals surface area contributed by atoms with Gasteiger partial charge in [0.05, 0.1) is 18.0 Å². The van der Waals surface area contributed by atoms with Gasteiger partial charge in [0, 0.05) is 23.4 Å². The van der Waals surface area contributed by atoms with Gasteiger partial charge in [0.1, 0.15) is 11.4 Å². The van der Waals surface area contributed by atoms with Gasteiger partial charge < -0.3 is 4.57 Å². The molecule has 4 heteroatoms. The lowest BCUT2D eigenvalue weighted by Gasteiger charge is -2.22. The number of hydrogen-bond donors (Lipinski definition) is 0. The largest absolute Gasteiger partial charge is 0.315 e. The minimum atomic E-state index is -0.278. The van der Waals surface area contributed by atoms with Crippen LogP contribution in [0.3, 0.4) is 0 Å². The van der Waals surface area contributed by atoms with Crippen LogP contribution in [0.15, 0.2) is 42.6 Å². The van der Waals surface area contributed by atoms with Crippen molar-refractivity contribution in [3.63, 3.8) is 0 Å². The minimum Gasteiger partial charge on any atom is -0.315 e. The summed E-state index contributed by atoms with van der Waals surface area (Å²) in [5.41, 5.74) is 1.84. The third-order valence-electron chi connectivity index (χ3n) is 4.22. The molecule has 4 rings (SSSR count). The Morgan fingerprint density at radius 3 is 2.71 bits per heavy atom. The number of para-hydroxylation sites is 1. The maximum absolute atomic E-state index is 12.3. The van der Waals surface area contributed by atoms with Crippen molar-refractivity contribution < 1.29 is 9.59 Å². The van der Waals surface area contributed by atoms with Gasteiger partial charge in [-0.1, -0.05) is 18.2 Å². The second-order valence-electron chi connectivity index (χ2n) is 5.50. The van der Waals surface area contributed by atoms with E-state index in [-0.39, 0.29) is 24.0 Å². The van der Waals surface area contributed by atoms with Crippen molar-refractivity contribution in [1.29, 1.82) is 0 Å². The zero-order chi connectivity index (χ0) is 14.4. The van der Waals surface area contributed by atoms with Crippen LogP contribution in [-0.2, 0) is 9.59 Å². The Bertz CT molecular complexity index is 826. The zero-order valence-corrected chi connectivity index (χ0v) is 11.5. The molecule has 21 heavy (non-hydrogen) atoms. The molecule has 0 bridgehead atoms. The summed E-state index contributed by atoms with van der Waals surface area (Å²) in [6, 6.07) is 11.7. The molecule has 1 saturated carbocycles. The predicted molar refractivity (Wildman–Crippen MR) is 80.1 cm³/mol. The molecule has 1 aliphatic carbocycles. The number of rotatable bonds is 1. The number of Topliss-reactive ketones (excluding diaryl/α,β-unsaturated/α-hetero) is 2. The molecule has 4 nitrogen and oxygen atoms in total. The highest BCUT2D eigenvalue weighted by molar-refractivity contribution is 6.09. The van der Waals surface area contributed by atoms with Crippen LogP contribution in [0, 0.1) is 0 Å². The Morgan fingerprint density at radius 1 is 1.05 bits per heavy atom. The molecule has 104 valence electrons. The molecule has 2 aromatic heterocycles. The number of aromatic nitrogens is 2. The first-order valence-electron chi connectivity index (χ1n) is 7.14. The molecular weight excluding hydrogens is 264 g/mol. The maximum atomic E-state index is 12.3. The number of fused-ring (bicyclic) bond motifs is 3. The average Bonchev–Trinajstić information content (AvgIpc) is 2.82. The molecule has 2 heterocycles. The molecule has 0 amide bonds. The zero-order valence-electron chi connectivity index (χ0n) is 11.5. The van der Waals surface area contributed by atoms with Crippen molar-refractivity contribution in [3.8, 4) is 0 Å². The van der Waals surface area contributed by atoms with Crippen molar-refractivity contribution in [2.45, 2.75) is 25.3 Å². The van der Waals surface area contributed by atoms with E-state index < -0.39 is 0 Å². The summed E-state index contributed by atoms with van der Waals surface area (Å²) in [5.74, 6) is 0.0459. The number of benzene rings is 1. The highest BCUT2D eigenvalue weighted by Crippen LogP contribution is 2.34. The van der Waals surface area contributed by atoms with Gasteiger partial charge >= 0.3 is 0 Å². The van der Waals surface area contributed by atoms with Gasteiger partial charge in [-0.25, -0.2) is 4.98 Å². The molecule has 1 aromatic carbocycles. The van der Waals surface area contributed by atoms with E-state index in [2.05, 4.69) is 4.98 Å². The number of ketones is 2. The van der Waals surface area contributed by atoms with Gasteiger partial charge in [0.15, 0.2) is 5.78 Å². The Hall–Kier alpha value is -2.49. The van der Waals surface area contributed by atoms with Crippen LogP contribution in [0.25, 0.3) is 21.9 Å². The molecule has 1 unspecified atom stereocenters. The summed E-state index contributed by atoms with van der Waals surface area (Å²) in [4.78, 5) is 28.3. The quantitative estimate of drug-likeness (QED) is 0.643. The van der Waals surface area contributed by atoms with Crippen molar-refractivity contribution in [2.24, 2.45) is 0 Å². The lowest BCUT2D eigenvalue weighted by Crippen LogP contribution is -2.27. The highest BCUT2D eigenvalue weighted by atomic mass is 16.2. The lowest BCUT2D eigenvalue weighted by molar-refractivity contribution is -0.131. The lowest BCUT2D eigenvalue weighted by atomic mass is 9.93. The summed E-state index contributed by atoms with van der Waals surface area (Å²) < 4.78 is 2.01. The van der Waals surface area contributed by atoms with Crippen molar-refractivity contribution in [3.05, 3.63) is 42.6 Å². The van der Waals surface area contributed by atoms with E-state index in [1.54, 1.807) is 6.20 Å². The minimum absolute atomic E-state index is 0.000411. The fraction of sp³-hybridized carbons (Fsp3) is 0.235. The Labute approximate surface area is 121 Å². The monoisotopic (exact) mass is 278 g/mol. The number of hydrogen-bond acceptors (Lipinski definition) is 3. The van der Waals surface area contributed by atoms with Crippen LogP contribution in [0.2, 0.25) is 0 Å². The van der Waals surface area contributed by atoms with Crippen molar-refractivity contribution in [1.82, 2.24) is 9.55 Å². The number of pyridine rings is 1. The normalized spacial score (nSPS) is 19.5. The standard InChI is InChI=1S/C17H14N2O2/c20-11-7-8-15(16(21)10-11)19-14-6-2-1-4-12(14)13-5-3-9-18-17(13)19/h1-6,9,15H,7-8,10H2. The van der Waals surface area contributed by atoms with Gasteiger partial charge in [-0.2, -0.15) is 0 Å². The van der Waals surface area contributed by atoms with Crippen molar-refractivity contribution in [2.75, 3.05) is 0 Å². The van der Waals surface area contributed by atoms with E-state index in [1.807, 2.05) is 41.0 Å². The molecule has 0 saturated heterocycles. The van der Waals surface area contributed by atoms with Gasteiger partial charge in [0.2, 0.25) is 0 Å². The smallest absolute Gasteiger partial charge is 0.163 e. The second-order valence-corrected chi connectivity index (χ2v) is 5.50. The number of carbonyl (C=O) groups excluding carboxylic acids is 2. The van der Waals surface area contributed by atoms with E-state index in [0.29, 0.717) is 12.8 Å². The first kappa shape index (κ1) is 12.3. The summed E-state index contributed by atoms with van der Waals surface area (Å²) in [6.07, 6.45) is 2.83. The van der Waals surface area contributed by atoms with Crippen LogP contribution in [0.1, 0.15) is 25.3 Å². The Kier molecular flexibility index (Phi) is 2.64. The summed E-state index contributed by atoms with van der Waals surface area (Å²) in [7, 11) is 0. The third-order valence-corrected chi connectivity index (χ3v) is 4.22. The van der Waals surface area contributed by atoms with E-state index in [1.165, 1.54) is 0 Å². The topological polar surface area (TPSA) is 52.0 Å². The highest BCUT2D eigenvalue weighted by Gasteiger charge is 2.30. The summed E-state index contributed by atoms with van der Waals surface area (Å²) in [5, 5.41) is 2.16. The summed E-state index contributed by atoms with van der Waals surface area (Å²) in [6.45, 7) is 0. The number of carbonyl (C=O) groups is 2. The first-order valence-corrected chi connectivity index (χ1v) is 7.14. The van der Waals surface area contributed by atoms with Crippen LogP contribution in [-0.4, -0.2) is 21.1 Å². The molecule has 1 atom stereocenters.